The summed E-state index contributed by atoms with van der Waals surface area (Å²) in [7, 11) is 0. The van der Waals surface area contributed by atoms with Crippen LogP contribution >= 0.6 is 0 Å². The molecule has 1 N–H and O–H groups in total. The summed E-state index contributed by atoms with van der Waals surface area (Å²) in [6.45, 7) is 8.65. The molecule has 5 nitrogen and oxygen atoms in total. The third-order valence-corrected chi connectivity index (χ3v) is 2.13. The van der Waals surface area contributed by atoms with Gasteiger partial charge in [-0.1, -0.05) is 6.92 Å². The maximum absolute atomic E-state index is 5.54. The van der Waals surface area contributed by atoms with Gasteiger partial charge in [0.2, 0.25) is 11.8 Å². The minimum atomic E-state index is 0.513. The summed E-state index contributed by atoms with van der Waals surface area (Å²) in [5.74, 6) is 1.24. The standard InChI is InChI=1S/C12H21N3O2/c1-4-6-13-12-14-9-10(3)11(15-12)17-8-7-16-5-2/h9H,4-8H2,1-3H3,(H,13,14,15). The average Bonchev–Trinajstić information content (AvgIpc) is 2.35. The van der Waals surface area contributed by atoms with E-state index in [0.717, 1.165) is 18.5 Å². The zero-order valence-corrected chi connectivity index (χ0v) is 10.8. The van der Waals surface area contributed by atoms with Gasteiger partial charge in [0.25, 0.3) is 0 Å². The Morgan fingerprint density at radius 2 is 2.12 bits per heavy atom. The molecule has 0 saturated heterocycles. The summed E-state index contributed by atoms with van der Waals surface area (Å²) in [5.41, 5.74) is 0.934. The first-order valence-corrected chi connectivity index (χ1v) is 6.06. The molecule has 1 aromatic rings. The molecule has 0 aliphatic rings. The fraction of sp³-hybridized carbons (Fsp3) is 0.667. The summed E-state index contributed by atoms with van der Waals surface area (Å²) >= 11 is 0. The average molecular weight is 239 g/mol. The molecule has 0 saturated carbocycles. The van der Waals surface area contributed by atoms with Crippen LogP contribution in [0.4, 0.5) is 5.95 Å². The van der Waals surface area contributed by atoms with E-state index in [2.05, 4.69) is 22.2 Å². The topological polar surface area (TPSA) is 56.3 Å². The third-order valence-electron chi connectivity index (χ3n) is 2.13. The first-order valence-electron chi connectivity index (χ1n) is 6.06. The van der Waals surface area contributed by atoms with Gasteiger partial charge in [-0.2, -0.15) is 4.98 Å². The Kier molecular flexibility index (Phi) is 6.32. The van der Waals surface area contributed by atoms with E-state index >= 15 is 0 Å². The highest BCUT2D eigenvalue weighted by Crippen LogP contribution is 2.14. The van der Waals surface area contributed by atoms with Crippen LogP contribution in [0.5, 0.6) is 5.88 Å². The van der Waals surface area contributed by atoms with Crippen LogP contribution in [0.1, 0.15) is 25.8 Å². The van der Waals surface area contributed by atoms with Crippen molar-refractivity contribution in [3.8, 4) is 5.88 Å². The van der Waals surface area contributed by atoms with E-state index in [4.69, 9.17) is 9.47 Å². The van der Waals surface area contributed by atoms with E-state index < -0.39 is 0 Å². The summed E-state index contributed by atoms with van der Waals surface area (Å²) in [5, 5.41) is 3.13. The van der Waals surface area contributed by atoms with Crippen LogP contribution in [0.15, 0.2) is 6.20 Å². The van der Waals surface area contributed by atoms with Crippen molar-refractivity contribution in [1.82, 2.24) is 9.97 Å². The molecule has 17 heavy (non-hydrogen) atoms. The minimum absolute atomic E-state index is 0.513. The SMILES string of the molecule is CCCNc1ncc(C)c(OCCOCC)n1. The summed E-state index contributed by atoms with van der Waals surface area (Å²) in [4.78, 5) is 8.49. The van der Waals surface area contributed by atoms with Crippen LogP contribution in [0.25, 0.3) is 0 Å². The van der Waals surface area contributed by atoms with Gasteiger partial charge in [0.15, 0.2) is 0 Å². The van der Waals surface area contributed by atoms with Crippen molar-refractivity contribution in [3.63, 3.8) is 0 Å². The maximum Gasteiger partial charge on any atom is 0.225 e. The zero-order chi connectivity index (χ0) is 12.5. The Bertz CT molecular complexity index is 332. The Labute approximate surface area is 103 Å². The van der Waals surface area contributed by atoms with Crippen molar-refractivity contribution < 1.29 is 9.47 Å². The number of rotatable bonds is 8. The van der Waals surface area contributed by atoms with Crippen molar-refractivity contribution in [2.45, 2.75) is 27.2 Å². The normalized spacial score (nSPS) is 10.3. The monoisotopic (exact) mass is 239 g/mol. The molecule has 0 unspecified atom stereocenters. The van der Waals surface area contributed by atoms with Gasteiger partial charge in [0.1, 0.15) is 6.61 Å². The van der Waals surface area contributed by atoms with Crippen molar-refractivity contribution in [3.05, 3.63) is 11.8 Å². The molecule has 1 rings (SSSR count). The highest BCUT2D eigenvalue weighted by atomic mass is 16.5. The van der Waals surface area contributed by atoms with Gasteiger partial charge in [-0.3, -0.25) is 0 Å². The molecule has 0 aromatic carbocycles. The molecule has 0 aliphatic heterocycles. The number of ether oxygens (including phenoxy) is 2. The number of nitrogens with zero attached hydrogens (tertiary/aromatic N) is 2. The van der Waals surface area contributed by atoms with E-state index in [9.17, 15) is 0 Å². The predicted molar refractivity (Wildman–Crippen MR) is 67.5 cm³/mol. The molecule has 0 radical (unpaired) electrons. The molecule has 1 aromatic heterocycles. The Hall–Kier alpha value is -1.36. The zero-order valence-electron chi connectivity index (χ0n) is 10.8. The maximum atomic E-state index is 5.54. The number of nitrogens with one attached hydrogen (secondary N) is 1. The lowest BCUT2D eigenvalue weighted by Crippen LogP contribution is -2.10. The Balaban J connectivity index is 2.50. The van der Waals surface area contributed by atoms with Crippen molar-refractivity contribution in [2.24, 2.45) is 0 Å². The number of hydrogen-bond donors (Lipinski definition) is 1. The lowest BCUT2D eigenvalue weighted by molar-refractivity contribution is 0.108. The van der Waals surface area contributed by atoms with Gasteiger partial charge >= 0.3 is 0 Å². The third kappa shape index (κ3) is 4.99. The molecule has 1 heterocycles. The van der Waals surface area contributed by atoms with Crippen LogP contribution in [0.2, 0.25) is 0 Å². The lowest BCUT2D eigenvalue weighted by Gasteiger charge is -2.09. The fourth-order valence-electron chi connectivity index (χ4n) is 1.24. The largest absolute Gasteiger partial charge is 0.475 e. The number of hydrogen-bond acceptors (Lipinski definition) is 5. The molecular formula is C12H21N3O2. The predicted octanol–water partition coefficient (Wildman–Crippen LogP) is 2.02. The van der Waals surface area contributed by atoms with Crippen LogP contribution in [-0.2, 0) is 4.74 Å². The molecule has 0 amide bonds. The smallest absolute Gasteiger partial charge is 0.225 e. The summed E-state index contributed by atoms with van der Waals surface area (Å²) < 4.78 is 10.7. The Morgan fingerprint density at radius 1 is 1.29 bits per heavy atom. The first-order chi connectivity index (χ1) is 8.27. The van der Waals surface area contributed by atoms with Crippen LogP contribution in [0, 0.1) is 6.92 Å². The van der Waals surface area contributed by atoms with Gasteiger partial charge in [-0.15, -0.1) is 0 Å². The van der Waals surface area contributed by atoms with Gasteiger partial charge in [-0.05, 0) is 20.3 Å². The van der Waals surface area contributed by atoms with E-state index in [1.54, 1.807) is 6.20 Å². The van der Waals surface area contributed by atoms with E-state index in [1.165, 1.54) is 0 Å². The molecular weight excluding hydrogens is 218 g/mol. The second kappa shape index (κ2) is 7.84. The van der Waals surface area contributed by atoms with E-state index in [0.29, 0.717) is 31.6 Å². The fourth-order valence-corrected chi connectivity index (χ4v) is 1.24. The highest BCUT2D eigenvalue weighted by Gasteiger charge is 2.04. The summed E-state index contributed by atoms with van der Waals surface area (Å²) in [6, 6.07) is 0. The quantitative estimate of drug-likeness (QED) is 0.703. The lowest BCUT2D eigenvalue weighted by atomic mass is 10.4. The van der Waals surface area contributed by atoms with Crippen molar-refractivity contribution in [1.29, 1.82) is 0 Å². The number of anilines is 1. The Morgan fingerprint density at radius 3 is 2.82 bits per heavy atom. The summed E-state index contributed by atoms with van der Waals surface area (Å²) in [6.07, 6.45) is 2.80. The second-order valence-electron chi connectivity index (χ2n) is 3.65. The molecule has 0 atom stereocenters. The van der Waals surface area contributed by atoms with Crippen LogP contribution < -0.4 is 10.1 Å². The molecule has 96 valence electrons. The molecule has 5 heteroatoms. The van der Waals surface area contributed by atoms with Gasteiger partial charge < -0.3 is 14.8 Å². The van der Waals surface area contributed by atoms with Gasteiger partial charge in [0, 0.05) is 24.9 Å². The van der Waals surface area contributed by atoms with Gasteiger partial charge in [0.05, 0.1) is 6.61 Å². The molecule has 0 aliphatic carbocycles. The molecule has 0 spiro atoms. The second-order valence-corrected chi connectivity index (χ2v) is 3.65. The van der Waals surface area contributed by atoms with Crippen molar-refractivity contribution in [2.75, 3.05) is 31.7 Å². The first kappa shape index (κ1) is 13.7. The van der Waals surface area contributed by atoms with E-state index in [-0.39, 0.29) is 0 Å². The van der Waals surface area contributed by atoms with E-state index in [1.807, 2.05) is 13.8 Å². The number of aromatic nitrogens is 2. The van der Waals surface area contributed by atoms with Crippen LogP contribution in [-0.4, -0.2) is 36.3 Å². The minimum Gasteiger partial charge on any atom is -0.475 e. The highest BCUT2D eigenvalue weighted by molar-refractivity contribution is 5.32. The van der Waals surface area contributed by atoms with Gasteiger partial charge in [-0.25, -0.2) is 4.98 Å². The van der Waals surface area contributed by atoms with Crippen LogP contribution in [0.3, 0.4) is 0 Å². The van der Waals surface area contributed by atoms with Crippen molar-refractivity contribution >= 4 is 5.95 Å². The molecule has 0 fully saturated rings. The number of aryl methyl sites for hydroxylation is 1. The molecule has 0 bridgehead atoms.